The van der Waals surface area contributed by atoms with E-state index in [1.54, 1.807) is 12.3 Å². The lowest BCUT2D eigenvalue weighted by Gasteiger charge is -2.20. The van der Waals surface area contributed by atoms with E-state index >= 15 is 0 Å². The van der Waals surface area contributed by atoms with E-state index < -0.39 is 0 Å². The Balaban J connectivity index is 1.29. The molecule has 2 N–H and O–H groups in total. The molecule has 0 unspecified atom stereocenters. The Morgan fingerprint density at radius 2 is 1.82 bits per heavy atom. The third kappa shape index (κ3) is 4.00. The summed E-state index contributed by atoms with van der Waals surface area (Å²) in [5.41, 5.74) is 9.62. The molecule has 0 radical (unpaired) electrons. The number of nitrogens with zero attached hydrogens (tertiary/aromatic N) is 3. The average Bonchev–Trinajstić information content (AvgIpc) is 3.50. The Morgan fingerprint density at radius 1 is 1.06 bits per heavy atom. The summed E-state index contributed by atoms with van der Waals surface area (Å²) in [6.07, 6.45) is 3.81. The first-order valence-electron chi connectivity index (χ1n) is 11.5. The van der Waals surface area contributed by atoms with Crippen LogP contribution < -0.4 is 10.3 Å². The van der Waals surface area contributed by atoms with Crippen LogP contribution in [0.25, 0.3) is 22.0 Å². The molecule has 5 rings (SSSR count). The first-order chi connectivity index (χ1) is 16.2. The van der Waals surface area contributed by atoms with Crippen LogP contribution in [-0.2, 0) is 12.8 Å². The van der Waals surface area contributed by atoms with Gasteiger partial charge in [0.2, 0.25) is 0 Å². The molecular formula is C27H27N5O. The topological polar surface area (TPSA) is 73.4 Å². The van der Waals surface area contributed by atoms with E-state index in [2.05, 4.69) is 81.9 Å². The Labute approximate surface area is 193 Å². The third-order valence-electron chi connectivity index (χ3n) is 6.38. The van der Waals surface area contributed by atoms with Gasteiger partial charge < -0.3 is 4.90 Å². The number of benzene rings is 3. The van der Waals surface area contributed by atoms with E-state index in [0.717, 1.165) is 42.8 Å². The smallest absolute Gasteiger partial charge is 0.289 e. The highest BCUT2D eigenvalue weighted by molar-refractivity contribution is 6.02. The number of H-pyrrole nitrogens is 1. The molecule has 6 nitrogen and oxygen atoms in total. The number of hydrogen-bond acceptors (Lipinski definition) is 4. The molecule has 1 aliphatic rings. The molecule has 0 bridgehead atoms. The number of nitrogens with one attached hydrogen (secondary N) is 2. The van der Waals surface area contributed by atoms with Crippen LogP contribution in [0.2, 0.25) is 0 Å². The minimum atomic E-state index is -0.323. The summed E-state index contributed by atoms with van der Waals surface area (Å²) in [5, 5.41) is 13.9. The maximum Gasteiger partial charge on any atom is 0.289 e. The first-order valence-corrected chi connectivity index (χ1v) is 11.5. The molecule has 0 atom stereocenters. The summed E-state index contributed by atoms with van der Waals surface area (Å²) >= 11 is 0. The fourth-order valence-electron chi connectivity index (χ4n) is 4.63. The minimum absolute atomic E-state index is 0.323. The molecule has 3 aromatic carbocycles. The summed E-state index contributed by atoms with van der Waals surface area (Å²) in [7, 11) is 0. The fourth-order valence-corrected chi connectivity index (χ4v) is 4.63. The van der Waals surface area contributed by atoms with Gasteiger partial charge in [-0.15, -0.1) is 0 Å². The van der Waals surface area contributed by atoms with Crippen molar-refractivity contribution in [2.24, 2.45) is 5.10 Å². The van der Waals surface area contributed by atoms with Gasteiger partial charge in [0.1, 0.15) is 5.69 Å². The predicted octanol–water partition coefficient (Wildman–Crippen LogP) is 4.94. The van der Waals surface area contributed by atoms with Crippen LogP contribution in [0.4, 0.5) is 5.69 Å². The number of rotatable bonds is 7. The minimum Gasteiger partial charge on any atom is -0.372 e. The highest BCUT2D eigenvalue weighted by atomic mass is 16.2. The summed E-state index contributed by atoms with van der Waals surface area (Å²) in [5.74, 6) is -0.323. The normalized spacial score (nSPS) is 12.5. The van der Waals surface area contributed by atoms with Gasteiger partial charge in [0.05, 0.1) is 11.9 Å². The number of aromatic amines is 1. The number of amides is 1. The molecule has 6 heteroatoms. The quantitative estimate of drug-likeness (QED) is 0.318. The molecule has 33 heavy (non-hydrogen) atoms. The molecule has 0 aliphatic heterocycles. The summed E-state index contributed by atoms with van der Waals surface area (Å²) in [6, 6.07) is 20.6. The summed E-state index contributed by atoms with van der Waals surface area (Å²) < 4.78 is 0. The Hall–Kier alpha value is -3.93. The van der Waals surface area contributed by atoms with E-state index in [4.69, 9.17) is 0 Å². The van der Waals surface area contributed by atoms with Gasteiger partial charge >= 0.3 is 0 Å². The largest absolute Gasteiger partial charge is 0.372 e. The summed E-state index contributed by atoms with van der Waals surface area (Å²) in [6.45, 7) is 6.21. The van der Waals surface area contributed by atoms with Crippen molar-refractivity contribution in [2.45, 2.75) is 26.7 Å². The number of anilines is 1. The van der Waals surface area contributed by atoms with Crippen LogP contribution in [-0.4, -0.2) is 35.4 Å². The monoisotopic (exact) mass is 437 g/mol. The molecule has 166 valence electrons. The predicted molar refractivity (Wildman–Crippen MR) is 134 cm³/mol. The zero-order chi connectivity index (χ0) is 22.8. The number of aryl methyl sites for hydroxylation is 2. The second kappa shape index (κ2) is 8.90. The van der Waals surface area contributed by atoms with Crippen LogP contribution in [0.1, 0.15) is 41.0 Å². The van der Waals surface area contributed by atoms with Crippen molar-refractivity contribution in [3.8, 4) is 11.3 Å². The van der Waals surface area contributed by atoms with Crippen LogP contribution in [0.5, 0.6) is 0 Å². The van der Waals surface area contributed by atoms with Gasteiger partial charge in [0, 0.05) is 24.3 Å². The summed E-state index contributed by atoms with van der Waals surface area (Å²) in [4.78, 5) is 14.9. The second-order valence-corrected chi connectivity index (χ2v) is 8.24. The zero-order valence-electron chi connectivity index (χ0n) is 18.9. The average molecular weight is 438 g/mol. The maximum atomic E-state index is 12.6. The molecule has 1 aliphatic carbocycles. The SMILES string of the molecule is CCN(CC)c1ccc(C=NNC(=O)c2cc(-c3ccc4c5c(cccc35)CC4)n[nH]2)cc1. The highest BCUT2D eigenvalue weighted by Crippen LogP contribution is 2.36. The van der Waals surface area contributed by atoms with E-state index in [9.17, 15) is 4.79 Å². The Morgan fingerprint density at radius 3 is 2.58 bits per heavy atom. The lowest BCUT2D eigenvalue weighted by Crippen LogP contribution is -2.21. The van der Waals surface area contributed by atoms with Gasteiger partial charge in [0.15, 0.2) is 0 Å². The Kier molecular flexibility index (Phi) is 5.65. The van der Waals surface area contributed by atoms with Crippen molar-refractivity contribution in [2.75, 3.05) is 18.0 Å². The van der Waals surface area contributed by atoms with Crippen molar-refractivity contribution in [3.05, 3.63) is 83.0 Å². The van der Waals surface area contributed by atoms with Crippen molar-refractivity contribution >= 4 is 28.6 Å². The standard InChI is InChI=1S/C27H27N5O/c1-3-32(4-2)21-13-8-18(9-14-21)17-28-31-27(33)25-16-24(29-30-25)22-15-12-20-11-10-19-6-5-7-23(22)26(19)20/h5-9,12-17H,3-4,10-11H2,1-2H3,(H,29,30)(H,31,33). The van der Waals surface area contributed by atoms with Crippen molar-refractivity contribution in [1.29, 1.82) is 0 Å². The van der Waals surface area contributed by atoms with Crippen molar-refractivity contribution in [1.82, 2.24) is 15.6 Å². The first kappa shape index (κ1) is 20.9. The van der Waals surface area contributed by atoms with E-state index in [1.807, 2.05) is 12.1 Å². The highest BCUT2D eigenvalue weighted by Gasteiger charge is 2.18. The van der Waals surface area contributed by atoms with Crippen LogP contribution in [0.3, 0.4) is 0 Å². The molecule has 1 aromatic heterocycles. The lowest BCUT2D eigenvalue weighted by atomic mass is 9.98. The number of hydrogen-bond donors (Lipinski definition) is 2. The van der Waals surface area contributed by atoms with Gasteiger partial charge in [-0.05, 0) is 72.4 Å². The lowest BCUT2D eigenvalue weighted by molar-refractivity contribution is 0.0950. The zero-order valence-corrected chi connectivity index (χ0v) is 18.9. The third-order valence-corrected chi connectivity index (χ3v) is 6.38. The number of carbonyl (C=O) groups is 1. The maximum absolute atomic E-state index is 12.6. The molecule has 0 saturated carbocycles. The molecule has 0 fully saturated rings. The van der Waals surface area contributed by atoms with Gasteiger partial charge in [0.25, 0.3) is 5.91 Å². The van der Waals surface area contributed by atoms with Crippen molar-refractivity contribution in [3.63, 3.8) is 0 Å². The van der Waals surface area contributed by atoms with E-state index in [1.165, 1.54) is 27.6 Å². The molecule has 1 amide bonds. The van der Waals surface area contributed by atoms with Crippen LogP contribution in [0.15, 0.2) is 65.8 Å². The number of hydrazone groups is 1. The van der Waals surface area contributed by atoms with Crippen LogP contribution >= 0.6 is 0 Å². The van der Waals surface area contributed by atoms with Gasteiger partial charge in [-0.3, -0.25) is 9.89 Å². The van der Waals surface area contributed by atoms with E-state index in [-0.39, 0.29) is 5.91 Å². The molecule has 0 spiro atoms. The molecular weight excluding hydrogens is 410 g/mol. The van der Waals surface area contributed by atoms with E-state index in [0.29, 0.717) is 5.69 Å². The van der Waals surface area contributed by atoms with Gasteiger partial charge in [-0.1, -0.05) is 42.5 Å². The van der Waals surface area contributed by atoms with Gasteiger partial charge in [-0.25, -0.2) is 5.43 Å². The molecule has 4 aromatic rings. The molecule has 0 saturated heterocycles. The number of carbonyl (C=O) groups excluding carboxylic acids is 1. The van der Waals surface area contributed by atoms with Gasteiger partial charge in [-0.2, -0.15) is 10.2 Å². The van der Waals surface area contributed by atoms with Crippen molar-refractivity contribution < 1.29 is 4.79 Å². The number of aromatic nitrogens is 2. The second-order valence-electron chi connectivity index (χ2n) is 8.24. The molecule has 1 heterocycles. The Bertz CT molecular complexity index is 1320. The van der Waals surface area contributed by atoms with Crippen LogP contribution in [0, 0.1) is 0 Å². The fraction of sp³-hybridized carbons (Fsp3) is 0.222.